The van der Waals surface area contributed by atoms with Crippen LogP contribution in [0.5, 0.6) is 0 Å². The zero-order valence-corrected chi connectivity index (χ0v) is 16.7. The average Bonchev–Trinajstić information content (AvgIpc) is 2.56. The van der Waals surface area contributed by atoms with Gasteiger partial charge in [-0.15, -0.1) is 0 Å². The van der Waals surface area contributed by atoms with Gasteiger partial charge in [0.1, 0.15) is 11.6 Å². The molecule has 0 aromatic rings. The van der Waals surface area contributed by atoms with Gasteiger partial charge in [-0.05, 0) is 24.3 Å². The molecule has 1 aliphatic carbocycles. The zero-order valence-electron chi connectivity index (χ0n) is 16.7. The van der Waals surface area contributed by atoms with Crippen molar-refractivity contribution < 1.29 is 23.9 Å². The fraction of sp³-hybridized carbons (Fsp3) is 0.714. The van der Waals surface area contributed by atoms with Gasteiger partial charge >= 0.3 is 5.97 Å². The van der Waals surface area contributed by atoms with Crippen LogP contribution in [-0.2, 0) is 23.9 Å². The number of allylic oxidation sites excluding steroid dienone is 1. The Morgan fingerprint density at radius 3 is 2.31 bits per heavy atom. The van der Waals surface area contributed by atoms with E-state index in [4.69, 9.17) is 4.74 Å². The number of ether oxygens (including phenoxy) is 1. The summed E-state index contributed by atoms with van der Waals surface area (Å²) in [7, 11) is 1.23. The molecule has 146 valence electrons. The fourth-order valence-electron chi connectivity index (χ4n) is 3.40. The summed E-state index contributed by atoms with van der Waals surface area (Å²) < 4.78 is 4.74. The van der Waals surface area contributed by atoms with Crippen molar-refractivity contribution in [1.29, 1.82) is 0 Å². The second-order valence-electron chi connectivity index (χ2n) is 7.93. The largest absolute Gasteiger partial charge is 0.466 e. The number of ketones is 3. The SMILES string of the molecule is COC(=O)/C1=C/C(=O)C[C@H](C)CCC[C@H](C)C(=O)C[C@H](C(C)C)C(=O)C1. The molecular weight excluding hydrogens is 332 g/mol. The maximum absolute atomic E-state index is 12.8. The van der Waals surface area contributed by atoms with E-state index < -0.39 is 11.9 Å². The van der Waals surface area contributed by atoms with Gasteiger partial charge in [0.15, 0.2) is 5.78 Å². The molecule has 5 nitrogen and oxygen atoms in total. The fourth-order valence-corrected chi connectivity index (χ4v) is 3.40. The minimum absolute atomic E-state index is 0.0128. The van der Waals surface area contributed by atoms with Crippen LogP contribution in [0.25, 0.3) is 0 Å². The van der Waals surface area contributed by atoms with Gasteiger partial charge in [-0.1, -0.05) is 40.5 Å². The van der Waals surface area contributed by atoms with Crippen molar-refractivity contribution in [3.63, 3.8) is 0 Å². The van der Waals surface area contributed by atoms with Crippen molar-refractivity contribution in [1.82, 2.24) is 0 Å². The molecule has 5 heteroatoms. The summed E-state index contributed by atoms with van der Waals surface area (Å²) in [6.45, 7) is 7.70. The molecule has 0 saturated heterocycles. The Kier molecular flexibility index (Phi) is 8.89. The van der Waals surface area contributed by atoms with E-state index in [0.717, 1.165) is 19.3 Å². The summed E-state index contributed by atoms with van der Waals surface area (Å²) in [5.74, 6) is -1.29. The van der Waals surface area contributed by atoms with Crippen LogP contribution in [0, 0.1) is 23.7 Å². The molecule has 0 aromatic heterocycles. The van der Waals surface area contributed by atoms with Gasteiger partial charge < -0.3 is 4.74 Å². The molecule has 0 N–H and O–H groups in total. The van der Waals surface area contributed by atoms with Crippen molar-refractivity contribution in [2.75, 3.05) is 7.11 Å². The first kappa shape index (κ1) is 22.3. The van der Waals surface area contributed by atoms with Crippen molar-refractivity contribution in [2.45, 2.75) is 66.2 Å². The van der Waals surface area contributed by atoms with Gasteiger partial charge in [-0.25, -0.2) is 4.79 Å². The van der Waals surface area contributed by atoms with Crippen molar-refractivity contribution >= 4 is 23.3 Å². The second kappa shape index (κ2) is 10.4. The van der Waals surface area contributed by atoms with E-state index in [0.29, 0.717) is 6.42 Å². The lowest BCUT2D eigenvalue weighted by atomic mass is 9.81. The zero-order chi connectivity index (χ0) is 19.9. The Labute approximate surface area is 156 Å². The summed E-state index contributed by atoms with van der Waals surface area (Å²) in [5, 5.41) is 0. The van der Waals surface area contributed by atoms with Crippen LogP contribution in [0.3, 0.4) is 0 Å². The summed E-state index contributed by atoms with van der Waals surface area (Å²) in [5.41, 5.74) is 0.0814. The summed E-state index contributed by atoms with van der Waals surface area (Å²) in [6, 6.07) is 0. The van der Waals surface area contributed by atoms with Crippen LogP contribution in [0.15, 0.2) is 11.6 Å². The highest BCUT2D eigenvalue weighted by molar-refractivity contribution is 6.03. The lowest BCUT2D eigenvalue weighted by molar-refractivity contribution is -0.138. The molecular formula is C21H32O5. The van der Waals surface area contributed by atoms with Crippen molar-refractivity contribution in [3.8, 4) is 0 Å². The standard InChI is InChI=1S/C21H32O5/c1-13(2)18-12-19(23)15(4)8-6-7-14(3)9-17(22)10-16(11-20(18)24)21(25)26-5/h10,13-15,18H,6-9,11-12H2,1-5H3/b16-10+/t14-,15+,18-/m1/s1. The predicted octanol–water partition coefficient (Wildman–Crippen LogP) is 3.69. The Balaban J connectivity index is 3.17. The van der Waals surface area contributed by atoms with Crippen LogP contribution in [0.4, 0.5) is 0 Å². The molecule has 0 spiro atoms. The third-order valence-corrected chi connectivity index (χ3v) is 5.22. The highest BCUT2D eigenvalue weighted by atomic mass is 16.5. The number of carbonyl (C=O) groups excluding carboxylic acids is 4. The molecule has 0 bridgehead atoms. The molecule has 0 heterocycles. The van der Waals surface area contributed by atoms with Crippen LogP contribution in [-0.4, -0.2) is 30.4 Å². The quantitative estimate of drug-likeness (QED) is 0.698. The first-order valence-electron chi connectivity index (χ1n) is 9.52. The van der Waals surface area contributed by atoms with Crippen LogP contribution >= 0.6 is 0 Å². The van der Waals surface area contributed by atoms with Crippen molar-refractivity contribution in [2.24, 2.45) is 23.7 Å². The minimum atomic E-state index is -0.659. The van der Waals surface area contributed by atoms with Gasteiger partial charge in [-0.2, -0.15) is 0 Å². The van der Waals surface area contributed by atoms with E-state index >= 15 is 0 Å². The summed E-state index contributed by atoms with van der Waals surface area (Å²) >= 11 is 0. The van der Waals surface area contributed by atoms with E-state index in [2.05, 4.69) is 0 Å². The first-order chi connectivity index (χ1) is 12.1. The van der Waals surface area contributed by atoms with Gasteiger partial charge in [0.2, 0.25) is 0 Å². The lowest BCUT2D eigenvalue weighted by Gasteiger charge is -2.22. The molecule has 0 unspecified atom stereocenters. The number of hydrogen-bond acceptors (Lipinski definition) is 5. The van der Waals surface area contributed by atoms with E-state index in [1.807, 2.05) is 27.7 Å². The molecule has 0 aliphatic heterocycles. The van der Waals surface area contributed by atoms with Crippen LogP contribution in [0.1, 0.15) is 66.2 Å². The molecule has 3 atom stereocenters. The molecule has 0 aromatic carbocycles. The highest BCUT2D eigenvalue weighted by Crippen LogP contribution is 2.25. The van der Waals surface area contributed by atoms with Crippen LogP contribution < -0.4 is 0 Å². The number of methoxy groups -OCH3 is 1. The van der Waals surface area contributed by atoms with E-state index in [-0.39, 0.29) is 53.5 Å². The normalized spacial score (nSPS) is 29.1. The average molecular weight is 364 g/mol. The summed E-state index contributed by atoms with van der Waals surface area (Å²) in [4.78, 5) is 49.6. The van der Waals surface area contributed by atoms with E-state index in [9.17, 15) is 19.2 Å². The topological polar surface area (TPSA) is 77.5 Å². The van der Waals surface area contributed by atoms with E-state index in [1.54, 1.807) is 0 Å². The second-order valence-corrected chi connectivity index (χ2v) is 7.93. The number of esters is 1. The van der Waals surface area contributed by atoms with Gasteiger partial charge in [0, 0.05) is 36.7 Å². The monoisotopic (exact) mass is 364 g/mol. The van der Waals surface area contributed by atoms with Crippen molar-refractivity contribution in [3.05, 3.63) is 11.6 Å². The number of hydrogen-bond donors (Lipinski definition) is 0. The minimum Gasteiger partial charge on any atom is -0.466 e. The Hall–Kier alpha value is -1.78. The maximum Gasteiger partial charge on any atom is 0.334 e. The smallest absolute Gasteiger partial charge is 0.334 e. The van der Waals surface area contributed by atoms with Gasteiger partial charge in [0.25, 0.3) is 0 Å². The molecule has 1 aliphatic rings. The molecule has 26 heavy (non-hydrogen) atoms. The lowest BCUT2D eigenvalue weighted by Crippen LogP contribution is -2.27. The number of carbonyl (C=O) groups is 4. The third-order valence-electron chi connectivity index (χ3n) is 5.22. The molecule has 1 rings (SSSR count). The molecule has 0 amide bonds. The summed E-state index contributed by atoms with van der Waals surface area (Å²) in [6.07, 6.45) is 4.11. The Morgan fingerprint density at radius 2 is 1.73 bits per heavy atom. The Morgan fingerprint density at radius 1 is 1.08 bits per heavy atom. The van der Waals surface area contributed by atoms with Gasteiger partial charge in [0.05, 0.1) is 7.11 Å². The third kappa shape index (κ3) is 6.85. The number of Topliss-reactive ketones (excluding diaryl/α,β-unsaturated/α-hetero) is 2. The molecule has 0 radical (unpaired) electrons. The van der Waals surface area contributed by atoms with Gasteiger partial charge in [-0.3, -0.25) is 14.4 Å². The van der Waals surface area contributed by atoms with E-state index in [1.165, 1.54) is 13.2 Å². The maximum atomic E-state index is 12.8. The highest BCUT2D eigenvalue weighted by Gasteiger charge is 2.29. The Bertz CT molecular complexity index is 573. The number of rotatable bonds is 2. The first-order valence-corrected chi connectivity index (χ1v) is 9.52. The van der Waals surface area contributed by atoms with Crippen LogP contribution in [0.2, 0.25) is 0 Å². The predicted molar refractivity (Wildman–Crippen MR) is 99.5 cm³/mol. The molecule has 0 fully saturated rings. The molecule has 0 saturated carbocycles.